The maximum Gasteiger partial charge on any atom is 0.158 e. The second-order valence-electron chi connectivity index (χ2n) is 2.34. The fourth-order valence-corrected chi connectivity index (χ4v) is 1.73. The molecule has 1 aromatic rings. The molecule has 0 bridgehead atoms. The highest BCUT2D eigenvalue weighted by atomic mass is 35.5. The van der Waals surface area contributed by atoms with Gasteiger partial charge in [0, 0.05) is 4.90 Å². The maximum atomic E-state index is 13.1. The van der Waals surface area contributed by atoms with Gasteiger partial charge in [0.1, 0.15) is 10.8 Å². The number of thioether (sulfide) groups is 1. The largest absolute Gasteiger partial charge is 0.205 e. The van der Waals surface area contributed by atoms with Crippen LogP contribution in [0.15, 0.2) is 11.0 Å². The van der Waals surface area contributed by atoms with Gasteiger partial charge in [-0.1, -0.05) is 11.6 Å². The van der Waals surface area contributed by atoms with Crippen LogP contribution in [-0.4, -0.2) is 6.26 Å². The van der Waals surface area contributed by atoms with Crippen molar-refractivity contribution in [3.8, 4) is 0 Å². The SMILES string of the molecule is CSc1cc(C)c(F)c(Cl)c1F. The van der Waals surface area contributed by atoms with Crippen LogP contribution in [0.1, 0.15) is 5.56 Å². The van der Waals surface area contributed by atoms with Gasteiger partial charge in [0.15, 0.2) is 5.82 Å². The predicted molar refractivity (Wildman–Crippen MR) is 47.9 cm³/mol. The maximum absolute atomic E-state index is 13.1. The molecule has 0 N–H and O–H groups in total. The zero-order valence-corrected chi connectivity index (χ0v) is 8.19. The molecule has 0 fully saturated rings. The van der Waals surface area contributed by atoms with Crippen LogP contribution < -0.4 is 0 Å². The lowest BCUT2D eigenvalue weighted by molar-refractivity contribution is 0.561. The minimum absolute atomic E-state index is 0.366. The minimum atomic E-state index is -0.674. The van der Waals surface area contributed by atoms with Gasteiger partial charge in [-0.2, -0.15) is 0 Å². The van der Waals surface area contributed by atoms with E-state index in [4.69, 9.17) is 11.6 Å². The molecule has 66 valence electrons. The van der Waals surface area contributed by atoms with Crippen molar-refractivity contribution in [3.63, 3.8) is 0 Å². The molecule has 0 unspecified atom stereocenters. The molecule has 0 saturated carbocycles. The van der Waals surface area contributed by atoms with Gasteiger partial charge in [0.2, 0.25) is 0 Å². The van der Waals surface area contributed by atoms with Crippen molar-refractivity contribution >= 4 is 23.4 Å². The molecule has 1 aromatic carbocycles. The zero-order chi connectivity index (χ0) is 9.30. The summed E-state index contributed by atoms with van der Waals surface area (Å²) < 4.78 is 26.0. The highest BCUT2D eigenvalue weighted by Gasteiger charge is 2.13. The summed E-state index contributed by atoms with van der Waals surface area (Å²) in [6.45, 7) is 1.56. The standard InChI is InChI=1S/C8H7ClF2S/c1-4-3-5(12-2)8(11)6(9)7(4)10/h3H,1-2H3. The van der Waals surface area contributed by atoms with Crippen molar-refractivity contribution < 1.29 is 8.78 Å². The summed E-state index contributed by atoms with van der Waals surface area (Å²) in [4.78, 5) is 0.374. The second-order valence-corrected chi connectivity index (χ2v) is 3.56. The molecule has 0 aliphatic carbocycles. The van der Waals surface area contributed by atoms with Crippen LogP contribution in [0.2, 0.25) is 5.02 Å². The van der Waals surface area contributed by atoms with Crippen molar-refractivity contribution in [2.45, 2.75) is 11.8 Å². The molecule has 0 spiro atoms. The number of hydrogen-bond donors (Lipinski definition) is 0. The van der Waals surface area contributed by atoms with Crippen molar-refractivity contribution in [3.05, 3.63) is 28.3 Å². The van der Waals surface area contributed by atoms with E-state index in [1.165, 1.54) is 17.8 Å². The first kappa shape index (κ1) is 9.81. The summed E-state index contributed by atoms with van der Waals surface area (Å²) in [6.07, 6.45) is 1.71. The van der Waals surface area contributed by atoms with Gasteiger partial charge in [0.25, 0.3) is 0 Å². The Morgan fingerprint density at radius 3 is 2.42 bits per heavy atom. The number of aryl methyl sites for hydroxylation is 1. The molecule has 0 atom stereocenters. The Labute approximate surface area is 78.9 Å². The van der Waals surface area contributed by atoms with Crippen LogP contribution in [0.5, 0.6) is 0 Å². The first-order chi connectivity index (χ1) is 5.57. The summed E-state index contributed by atoms with van der Waals surface area (Å²) in [7, 11) is 0. The Bertz CT molecular complexity index is 312. The third kappa shape index (κ3) is 1.57. The molecule has 0 aliphatic heterocycles. The molecule has 1 rings (SSSR count). The van der Waals surface area contributed by atoms with Crippen LogP contribution in [0.4, 0.5) is 8.78 Å². The fraction of sp³-hybridized carbons (Fsp3) is 0.250. The monoisotopic (exact) mass is 208 g/mol. The van der Waals surface area contributed by atoms with Crippen molar-refractivity contribution in [2.75, 3.05) is 6.26 Å². The molecule has 0 amide bonds. The molecule has 0 heterocycles. The van der Waals surface area contributed by atoms with Gasteiger partial charge < -0.3 is 0 Å². The Kier molecular flexibility index (Phi) is 2.96. The summed E-state index contributed by atoms with van der Waals surface area (Å²) in [5.74, 6) is -1.35. The van der Waals surface area contributed by atoms with E-state index >= 15 is 0 Å². The third-order valence-electron chi connectivity index (χ3n) is 1.52. The van der Waals surface area contributed by atoms with Gasteiger partial charge >= 0.3 is 0 Å². The highest BCUT2D eigenvalue weighted by Crippen LogP contribution is 2.29. The topological polar surface area (TPSA) is 0 Å². The van der Waals surface area contributed by atoms with Crippen LogP contribution in [-0.2, 0) is 0 Å². The Morgan fingerprint density at radius 1 is 1.33 bits per heavy atom. The fourth-order valence-electron chi connectivity index (χ4n) is 0.850. The number of halogens is 3. The van der Waals surface area contributed by atoms with E-state index in [1.807, 2.05) is 0 Å². The van der Waals surface area contributed by atoms with Crippen LogP contribution >= 0.6 is 23.4 Å². The van der Waals surface area contributed by atoms with Gasteiger partial charge in [-0.25, -0.2) is 8.78 Å². The summed E-state index contributed by atoms with van der Waals surface area (Å²) in [5.41, 5.74) is 0.366. The summed E-state index contributed by atoms with van der Waals surface area (Å²) >= 11 is 6.61. The average molecular weight is 209 g/mol. The first-order valence-electron chi connectivity index (χ1n) is 3.26. The lowest BCUT2D eigenvalue weighted by atomic mass is 10.2. The molecule has 0 aliphatic rings. The van der Waals surface area contributed by atoms with E-state index in [2.05, 4.69) is 0 Å². The van der Waals surface area contributed by atoms with Gasteiger partial charge in [0.05, 0.1) is 0 Å². The first-order valence-corrected chi connectivity index (χ1v) is 4.86. The predicted octanol–water partition coefficient (Wildman–Crippen LogP) is 3.65. The van der Waals surface area contributed by atoms with Crippen LogP contribution in [0.3, 0.4) is 0 Å². The van der Waals surface area contributed by atoms with Gasteiger partial charge in [-0.05, 0) is 24.8 Å². The Balaban J connectivity index is 3.39. The number of hydrogen-bond acceptors (Lipinski definition) is 1. The minimum Gasteiger partial charge on any atom is -0.205 e. The Morgan fingerprint density at radius 2 is 1.92 bits per heavy atom. The summed E-state index contributed by atoms with van der Waals surface area (Å²) in [6, 6.07) is 1.45. The molecule has 4 heteroatoms. The smallest absolute Gasteiger partial charge is 0.158 e. The van der Waals surface area contributed by atoms with Gasteiger partial charge in [-0.3, -0.25) is 0 Å². The van der Waals surface area contributed by atoms with Crippen molar-refractivity contribution in [2.24, 2.45) is 0 Å². The highest BCUT2D eigenvalue weighted by molar-refractivity contribution is 7.98. The molecule has 0 radical (unpaired) electrons. The number of rotatable bonds is 1. The quantitative estimate of drug-likeness (QED) is 0.502. The van der Waals surface area contributed by atoms with E-state index in [0.717, 1.165) is 0 Å². The van der Waals surface area contributed by atoms with Crippen LogP contribution in [0.25, 0.3) is 0 Å². The molecular formula is C8H7ClF2S. The van der Waals surface area contributed by atoms with Crippen molar-refractivity contribution in [1.82, 2.24) is 0 Å². The molecular weight excluding hydrogens is 202 g/mol. The average Bonchev–Trinajstić information content (AvgIpc) is 2.08. The Hall–Kier alpha value is -0.280. The van der Waals surface area contributed by atoms with E-state index in [1.54, 1.807) is 13.2 Å². The van der Waals surface area contributed by atoms with E-state index in [9.17, 15) is 8.78 Å². The lowest BCUT2D eigenvalue weighted by Gasteiger charge is -2.04. The molecule has 12 heavy (non-hydrogen) atoms. The molecule has 0 saturated heterocycles. The normalized spacial score (nSPS) is 10.4. The lowest BCUT2D eigenvalue weighted by Crippen LogP contribution is -1.91. The summed E-state index contributed by atoms with van der Waals surface area (Å²) in [5, 5.41) is -0.417. The molecule has 0 aromatic heterocycles. The van der Waals surface area contributed by atoms with E-state index < -0.39 is 16.7 Å². The molecule has 0 nitrogen and oxygen atoms in total. The van der Waals surface area contributed by atoms with E-state index in [0.29, 0.717) is 10.5 Å². The van der Waals surface area contributed by atoms with Crippen molar-refractivity contribution in [1.29, 1.82) is 0 Å². The second kappa shape index (κ2) is 3.62. The third-order valence-corrected chi connectivity index (χ3v) is 2.58. The van der Waals surface area contributed by atoms with E-state index in [-0.39, 0.29) is 0 Å². The number of benzene rings is 1. The van der Waals surface area contributed by atoms with Gasteiger partial charge in [-0.15, -0.1) is 11.8 Å². The zero-order valence-electron chi connectivity index (χ0n) is 6.62. The van der Waals surface area contributed by atoms with Crippen LogP contribution in [0, 0.1) is 18.6 Å².